The third kappa shape index (κ3) is 3.62. The normalized spacial score (nSPS) is 12.5. The van der Waals surface area contributed by atoms with Gasteiger partial charge in [0.25, 0.3) is 17.5 Å². The molecule has 0 saturated heterocycles. The molecule has 2 heterocycles. The van der Waals surface area contributed by atoms with E-state index in [1.807, 2.05) is 17.5 Å². The van der Waals surface area contributed by atoms with Crippen LogP contribution in [-0.4, -0.2) is 23.3 Å². The van der Waals surface area contributed by atoms with E-state index in [1.165, 1.54) is 29.5 Å². The van der Waals surface area contributed by atoms with Crippen LogP contribution in [0.25, 0.3) is 0 Å². The van der Waals surface area contributed by atoms with Gasteiger partial charge in [-0.1, -0.05) is 12.1 Å². The number of hydrogen-bond donors (Lipinski definition) is 1. The van der Waals surface area contributed by atoms with Gasteiger partial charge in [-0.25, -0.2) is 0 Å². The Hall–Kier alpha value is -3.52. The number of nitro benzene ring substituents is 1. The van der Waals surface area contributed by atoms with Crippen LogP contribution in [0.2, 0.25) is 0 Å². The first-order valence-corrected chi connectivity index (χ1v) is 9.86. The maximum atomic E-state index is 12.7. The van der Waals surface area contributed by atoms with Crippen LogP contribution >= 0.6 is 11.3 Å². The molecular weight excluding hydrogens is 390 g/mol. The van der Waals surface area contributed by atoms with Gasteiger partial charge in [-0.05, 0) is 54.6 Å². The Labute approximate surface area is 170 Å². The van der Waals surface area contributed by atoms with Crippen LogP contribution in [0.4, 0.5) is 17.1 Å². The summed E-state index contributed by atoms with van der Waals surface area (Å²) in [6.07, 6.45) is 0.766. The molecule has 3 aromatic rings. The lowest BCUT2D eigenvalue weighted by Gasteiger charge is -2.17. The Bertz CT molecular complexity index is 1120. The number of thiophene rings is 1. The summed E-state index contributed by atoms with van der Waals surface area (Å²) in [6, 6.07) is 13.4. The molecule has 1 aliphatic heterocycles. The Morgan fingerprint density at radius 1 is 1.17 bits per heavy atom. The third-order valence-electron chi connectivity index (χ3n) is 4.87. The summed E-state index contributed by atoms with van der Waals surface area (Å²) in [7, 11) is 0. The van der Waals surface area contributed by atoms with E-state index in [0.717, 1.165) is 17.7 Å². The van der Waals surface area contributed by atoms with E-state index in [4.69, 9.17) is 0 Å². The van der Waals surface area contributed by atoms with Crippen LogP contribution in [0.1, 0.15) is 31.2 Å². The first kappa shape index (κ1) is 18.8. The number of carbonyl (C=O) groups excluding carboxylic acids is 2. The fourth-order valence-electron chi connectivity index (χ4n) is 3.41. The smallest absolute Gasteiger partial charge is 0.272 e. The average molecular weight is 407 g/mol. The average Bonchev–Trinajstić information content (AvgIpc) is 3.37. The van der Waals surface area contributed by atoms with Crippen molar-refractivity contribution >= 4 is 40.2 Å². The van der Waals surface area contributed by atoms with Crippen molar-refractivity contribution in [3.05, 3.63) is 85.6 Å². The van der Waals surface area contributed by atoms with Gasteiger partial charge >= 0.3 is 0 Å². The second-order valence-electron chi connectivity index (χ2n) is 6.74. The predicted molar refractivity (Wildman–Crippen MR) is 112 cm³/mol. The van der Waals surface area contributed by atoms with Gasteiger partial charge in [0.2, 0.25) is 0 Å². The molecule has 0 spiro atoms. The minimum absolute atomic E-state index is 0.0261. The highest BCUT2D eigenvalue weighted by atomic mass is 32.1. The van der Waals surface area contributed by atoms with Crippen LogP contribution < -0.4 is 10.2 Å². The molecule has 8 heteroatoms. The zero-order chi connectivity index (χ0) is 20.5. The lowest BCUT2D eigenvalue weighted by Crippen LogP contribution is -2.28. The van der Waals surface area contributed by atoms with Gasteiger partial charge in [-0.2, -0.15) is 0 Å². The van der Waals surface area contributed by atoms with Crippen molar-refractivity contribution in [2.45, 2.75) is 13.3 Å². The number of benzene rings is 2. The van der Waals surface area contributed by atoms with Gasteiger partial charge in [0, 0.05) is 35.1 Å². The summed E-state index contributed by atoms with van der Waals surface area (Å²) < 4.78 is 0. The van der Waals surface area contributed by atoms with Gasteiger partial charge in [0.1, 0.15) is 0 Å². The summed E-state index contributed by atoms with van der Waals surface area (Å²) in [6.45, 7) is 2.20. The fourth-order valence-corrected chi connectivity index (χ4v) is 4.08. The van der Waals surface area contributed by atoms with Crippen LogP contribution in [0.5, 0.6) is 0 Å². The molecule has 0 saturated carbocycles. The molecular formula is C21H17N3O4S. The highest BCUT2D eigenvalue weighted by molar-refractivity contribution is 7.12. The molecule has 0 aliphatic carbocycles. The minimum Gasteiger partial charge on any atom is -0.322 e. The number of hydrogen-bond acceptors (Lipinski definition) is 5. The SMILES string of the molecule is Cc1cc(C(=O)Nc2ccc3c(c2)N(C(=O)c2cccs2)CC3)ccc1[N+](=O)[O-]. The molecule has 0 radical (unpaired) electrons. The number of nitrogens with one attached hydrogen (secondary N) is 1. The number of anilines is 2. The molecule has 4 rings (SSSR count). The van der Waals surface area contributed by atoms with Crippen molar-refractivity contribution in [3.63, 3.8) is 0 Å². The standard InChI is InChI=1S/C21H17N3O4S/c1-13-11-15(5-7-17(13)24(27)28)20(25)22-16-6-4-14-8-9-23(18(14)12-16)21(26)19-3-2-10-29-19/h2-7,10-12H,8-9H2,1H3,(H,22,25). The summed E-state index contributed by atoms with van der Waals surface area (Å²) in [5.74, 6) is -0.412. The van der Waals surface area contributed by atoms with E-state index in [9.17, 15) is 19.7 Å². The highest BCUT2D eigenvalue weighted by Gasteiger charge is 2.26. The molecule has 7 nitrogen and oxygen atoms in total. The second-order valence-corrected chi connectivity index (χ2v) is 7.69. The molecule has 0 atom stereocenters. The van der Waals surface area contributed by atoms with E-state index in [0.29, 0.717) is 28.2 Å². The maximum absolute atomic E-state index is 12.7. The quantitative estimate of drug-likeness (QED) is 0.512. The zero-order valence-electron chi connectivity index (χ0n) is 15.5. The van der Waals surface area contributed by atoms with E-state index in [-0.39, 0.29) is 17.5 Å². The number of carbonyl (C=O) groups is 2. The zero-order valence-corrected chi connectivity index (χ0v) is 16.4. The number of rotatable bonds is 4. The first-order valence-electron chi connectivity index (χ1n) is 8.99. The Morgan fingerprint density at radius 2 is 2.00 bits per heavy atom. The van der Waals surface area contributed by atoms with E-state index >= 15 is 0 Å². The van der Waals surface area contributed by atoms with Gasteiger partial charge in [-0.15, -0.1) is 11.3 Å². The number of fused-ring (bicyclic) bond motifs is 1. The molecule has 0 unspecified atom stereocenters. The Morgan fingerprint density at radius 3 is 2.69 bits per heavy atom. The molecule has 146 valence electrons. The molecule has 1 aliphatic rings. The van der Waals surface area contributed by atoms with Gasteiger partial charge in [0.15, 0.2) is 0 Å². The molecule has 29 heavy (non-hydrogen) atoms. The number of nitro groups is 1. The molecule has 1 aromatic heterocycles. The van der Waals surface area contributed by atoms with Gasteiger partial charge in [-0.3, -0.25) is 19.7 Å². The van der Waals surface area contributed by atoms with Gasteiger partial charge in [0.05, 0.1) is 9.80 Å². The van der Waals surface area contributed by atoms with Crippen molar-refractivity contribution in [1.82, 2.24) is 0 Å². The maximum Gasteiger partial charge on any atom is 0.272 e. The first-order chi connectivity index (χ1) is 13.9. The second kappa shape index (κ2) is 7.48. The van der Waals surface area contributed by atoms with E-state index < -0.39 is 4.92 Å². The highest BCUT2D eigenvalue weighted by Crippen LogP contribution is 2.33. The summed E-state index contributed by atoms with van der Waals surface area (Å²) in [5.41, 5.74) is 3.14. The van der Waals surface area contributed by atoms with Crippen molar-refractivity contribution < 1.29 is 14.5 Å². The Balaban J connectivity index is 1.56. The van der Waals surface area contributed by atoms with Crippen molar-refractivity contribution in [2.75, 3.05) is 16.8 Å². The third-order valence-corrected chi connectivity index (χ3v) is 5.73. The van der Waals surface area contributed by atoms with Crippen molar-refractivity contribution in [1.29, 1.82) is 0 Å². The fraction of sp³-hybridized carbons (Fsp3) is 0.143. The number of aryl methyl sites for hydroxylation is 1. The lowest BCUT2D eigenvalue weighted by atomic mass is 10.1. The van der Waals surface area contributed by atoms with Crippen molar-refractivity contribution in [2.24, 2.45) is 0 Å². The number of amides is 2. The van der Waals surface area contributed by atoms with Crippen molar-refractivity contribution in [3.8, 4) is 0 Å². The summed E-state index contributed by atoms with van der Waals surface area (Å²) in [5, 5.41) is 15.6. The van der Waals surface area contributed by atoms with Crippen LogP contribution in [0, 0.1) is 17.0 Å². The topological polar surface area (TPSA) is 92.6 Å². The summed E-state index contributed by atoms with van der Waals surface area (Å²) >= 11 is 1.40. The molecule has 2 aromatic carbocycles. The monoisotopic (exact) mass is 407 g/mol. The molecule has 2 amide bonds. The van der Waals surface area contributed by atoms with E-state index in [2.05, 4.69) is 5.32 Å². The lowest BCUT2D eigenvalue weighted by molar-refractivity contribution is -0.385. The van der Waals surface area contributed by atoms with Crippen LogP contribution in [0.3, 0.4) is 0 Å². The molecule has 0 bridgehead atoms. The minimum atomic E-state index is -0.475. The van der Waals surface area contributed by atoms with Crippen LogP contribution in [0.15, 0.2) is 53.9 Å². The summed E-state index contributed by atoms with van der Waals surface area (Å²) in [4.78, 5) is 38.2. The largest absolute Gasteiger partial charge is 0.322 e. The van der Waals surface area contributed by atoms with E-state index in [1.54, 1.807) is 30.0 Å². The predicted octanol–water partition coefficient (Wildman–Crippen LogP) is 4.42. The number of nitrogens with zero attached hydrogens (tertiary/aromatic N) is 2. The molecule has 1 N–H and O–H groups in total. The van der Waals surface area contributed by atoms with Gasteiger partial charge < -0.3 is 10.2 Å². The van der Waals surface area contributed by atoms with Crippen LogP contribution in [-0.2, 0) is 6.42 Å². The Kier molecular flexibility index (Phi) is 4.85. The molecule has 0 fully saturated rings.